The summed E-state index contributed by atoms with van der Waals surface area (Å²) in [6, 6.07) is 11.6. The number of carbonyl (C=O) groups is 3. The van der Waals surface area contributed by atoms with Gasteiger partial charge in [0.25, 0.3) is 11.4 Å². The molecule has 3 N–H and O–H groups in total. The largest absolute Gasteiger partial charge is 0.376 e. The Labute approximate surface area is 316 Å². The van der Waals surface area contributed by atoms with E-state index in [4.69, 9.17) is 5.11 Å². The molecule has 4 heterocycles. The standard InChI is InChI=1S/C17H20N2O3.C8H6N2O2.C8H15NO2.C7H13NO/c1-2-3-12-8-17(20)18(10-12)11-14-5-4-13-6-7-15(19(21)22)9-16(13)14;11-10(12)7-1-2-8-6(5-7)3-4-9-8;1-2-3-7-4-8(11)9(5-7)6-10;1-2-3-6-4-7(9)8-5-6/h5-7,9,12H,2-4,8,10-11H2,1H3;1-5,9H;7,10H,2-6H2,1H3;6H,2-5H2,1H3,(H,8,9). The summed E-state index contributed by atoms with van der Waals surface area (Å²) in [6.07, 6.45) is 13.5. The average Bonchev–Trinajstić information content (AvgIpc) is 3.99. The molecule has 4 aliphatic rings. The van der Waals surface area contributed by atoms with Crippen molar-refractivity contribution in [3.05, 3.63) is 86.1 Å². The van der Waals surface area contributed by atoms with E-state index in [9.17, 15) is 34.6 Å². The lowest BCUT2D eigenvalue weighted by molar-refractivity contribution is -0.385. The normalized spacial score (nSPS) is 20.0. The third kappa shape index (κ3) is 11.7. The van der Waals surface area contributed by atoms with Crippen LogP contribution in [0.4, 0.5) is 11.4 Å². The van der Waals surface area contributed by atoms with Crippen molar-refractivity contribution in [3.63, 3.8) is 0 Å². The number of allylic oxidation sites excluding steroid dienone is 1. The second-order valence-corrected chi connectivity index (χ2v) is 14.5. The van der Waals surface area contributed by atoms with Gasteiger partial charge in [-0.2, -0.15) is 0 Å². The molecule has 3 fully saturated rings. The van der Waals surface area contributed by atoms with Gasteiger partial charge >= 0.3 is 0 Å². The molecule has 0 radical (unpaired) electrons. The number of aromatic nitrogens is 1. The Kier molecular flexibility index (Phi) is 15.7. The number of nitro groups is 2. The molecule has 54 heavy (non-hydrogen) atoms. The van der Waals surface area contributed by atoms with Gasteiger partial charge in [0.05, 0.1) is 9.85 Å². The van der Waals surface area contributed by atoms with Crippen molar-refractivity contribution in [3.8, 4) is 0 Å². The number of aliphatic hydroxyl groups is 1. The number of benzene rings is 2. The van der Waals surface area contributed by atoms with E-state index in [1.807, 2.05) is 17.0 Å². The van der Waals surface area contributed by atoms with Gasteiger partial charge in [-0.25, -0.2) is 0 Å². The number of rotatable bonds is 11. The summed E-state index contributed by atoms with van der Waals surface area (Å²) in [5.74, 6) is 2.11. The van der Waals surface area contributed by atoms with Gasteiger partial charge in [-0.05, 0) is 72.3 Å². The summed E-state index contributed by atoms with van der Waals surface area (Å²) in [5.41, 5.74) is 4.24. The number of fused-ring (bicyclic) bond motifs is 2. The Morgan fingerprint density at radius 3 is 1.94 bits per heavy atom. The van der Waals surface area contributed by atoms with E-state index >= 15 is 0 Å². The number of H-pyrrole nitrogens is 1. The van der Waals surface area contributed by atoms with Crippen LogP contribution in [0.1, 0.15) is 89.7 Å². The maximum absolute atomic E-state index is 12.1. The SMILES string of the molecule is CCCC1CC(=O)N(CC2=CCc3ccc([N+](=O)[O-])cc32)C1.CCCC1CC(=O)N(CO)C1.CCCC1CNC(=O)C1.O=[N+]([O-])c1ccc2[nH]ccc2c1. The summed E-state index contributed by atoms with van der Waals surface area (Å²) in [5, 5.41) is 33.7. The van der Waals surface area contributed by atoms with E-state index in [2.05, 4.69) is 37.1 Å². The fraction of sp³-hybridized carbons (Fsp3) is 0.525. The zero-order valence-electron chi connectivity index (χ0n) is 31.6. The van der Waals surface area contributed by atoms with Crippen LogP contribution in [0.3, 0.4) is 0 Å². The monoisotopic (exact) mass is 746 g/mol. The van der Waals surface area contributed by atoms with Crippen molar-refractivity contribution in [2.45, 2.75) is 85.0 Å². The molecule has 3 aromatic rings. The quantitative estimate of drug-likeness (QED) is 0.141. The van der Waals surface area contributed by atoms with Gasteiger partial charge in [-0.15, -0.1) is 0 Å². The van der Waals surface area contributed by atoms with E-state index < -0.39 is 4.92 Å². The van der Waals surface area contributed by atoms with E-state index in [1.54, 1.807) is 30.5 Å². The summed E-state index contributed by atoms with van der Waals surface area (Å²) >= 11 is 0. The molecule has 3 unspecified atom stereocenters. The van der Waals surface area contributed by atoms with Crippen LogP contribution in [-0.2, 0) is 20.8 Å². The van der Waals surface area contributed by atoms with Gasteiger partial charge in [0.2, 0.25) is 17.7 Å². The lowest BCUT2D eigenvalue weighted by Crippen LogP contribution is -2.26. The molecule has 3 atom stereocenters. The number of carbonyl (C=O) groups excluding carboxylic acids is 3. The van der Waals surface area contributed by atoms with E-state index in [0.29, 0.717) is 37.1 Å². The minimum Gasteiger partial charge on any atom is -0.376 e. The lowest BCUT2D eigenvalue weighted by atomic mass is 10.0. The van der Waals surface area contributed by atoms with Crippen LogP contribution >= 0.6 is 0 Å². The first-order valence-corrected chi connectivity index (χ1v) is 19.1. The summed E-state index contributed by atoms with van der Waals surface area (Å²) in [7, 11) is 0. The molecule has 3 aliphatic heterocycles. The van der Waals surface area contributed by atoms with Crippen LogP contribution in [0.15, 0.2) is 54.7 Å². The average molecular weight is 747 g/mol. The molecule has 14 nitrogen and oxygen atoms in total. The number of hydrogen-bond acceptors (Lipinski definition) is 8. The highest BCUT2D eigenvalue weighted by Crippen LogP contribution is 2.33. The highest BCUT2D eigenvalue weighted by molar-refractivity contribution is 5.83. The number of aliphatic hydroxyl groups excluding tert-OH is 1. The number of nitrogens with one attached hydrogen (secondary N) is 2. The number of hydrogen-bond donors (Lipinski definition) is 3. The maximum Gasteiger partial charge on any atom is 0.270 e. The molecule has 2 aromatic carbocycles. The highest BCUT2D eigenvalue weighted by atomic mass is 16.6. The topological polar surface area (TPSA) is 192 Å². The Hall–Kier alpha value is -5.11. The molecular formula is C40H54N6O8. The van der Waals surface area contributed by atoms with Crippen LogP contribution in [0.5, 0.6) is 0 Å². The third-order valence-corrected chi connectivity index (χ3v) is 10.2. The van der Waals surface area contributed by atoms with Crippen molar-refractivity contribution in [1.29, 1.82) is 0 Å². The van der Waals surface area contributed by atoms with Gasteiger partial charge in [0.1, 0.15) is 6.73 Å². The van der Waals surface area contributed by atoms with Crippen molar-refractivity contribution in [2.75, 3.05) is 32.9 Å². The Morgan fingerprint density at radius 2 is 1.37 bits per heavy atom. The number of amides is 3. The van der Waals surface area contributed by atoms with Gasteiger partial charge in [-0.1, -0.05) is 52.2 Å². The highest BCUT2D eigenvalue weighted by Gasteiger charge is 2.31. The van der Waals surface area contributed by atoms with Gasteiger partial charge in [0.15, 0.2) is 0 Å². The van der Waals surface area contributed by atoms with Gasteiger partial charge < -0.3 is 25.2 Å². The molecule has 1 aliphatic carbocycles. The number of likely N-dealkylation sites (tertiary alicyclic amines) is 2. The smallest absolute Gasteiger partial charge is 0.270 e. The van der Waals surface area contributed by atoms with Crippen LogP contribution in [0, 0.1) is 38.0 Å². The molecule has 292 valence electrons. The molecule has 14 heteroatoms. The van der Waals surface area contributed by atoms with E-state index in [-0.39, 0.29) is 40.8 Å². The number of nitro benzene ring substituents is 2. The van der Waals surface area contributed by atoms with E-state index in [1.165, 1.54) is 23.8 Å². The fourth-order valence-electron chi connectivity index (χ4n) is 7.49. The summed E-state index contributed by atoms with van der Waals surface area (Å²) < 4.78 is 0. The predicted octanol–water partition coefficient (Wildman–Crippen LogP) is 6.77. The molecule has 0 bridgehead atoms. The lowest BCUT2D eigenvalue weighted by Gasteiger charge is -2.18. The molecular weight excluding hydrogens is 692 g/mol. The third-order valence-electron chi connectivity index (χ3n) is 10.2. The van der Waals surface area contributed by atoms with Crippen LogP contribution in [-0.4, -0.2) is 80.4 Å². The van der Waals surface area contributed by atoms with Crippen LogP contribution in [0.25, 0.3) is 16.5 Å². The molecule has 0 spiro atoms. The predicted molar refractivity (Wildman–Crippen MR) is 207 cm³/mol. The van der Waals surface area contributed by atoms with Crippen molar-refractivity contribution < 1.29 is 29.3 Å². The minimum absolute atomic E-state index is 0.103. The first-order valence-electron chi connectivity index (χ1n) is 19.1. The molecule has 3 saturated heterocycles. The first-order chi connectivity index (χ1) is 26.0. The van der Waals surface area contributed by atoms with Crippen molar-refractivity contribution >= 4 is 45.6 Å². The zero-order chi connectivity index (χ0) is 39.2. The maximum atomic E-state index is 12.1. The number of nitrogens with zero attached hydrogens (tertiary/aromatic N) is 4. The Bertz CT molecular complexity index is 1810. The van der Waals surface area contributed by atoms with Crippen molar-refractivity contribution in [2.24, 2.45) is 17.8 Å². The molecule has 7 rings (SSSR count). The second-order valence-electron chi connectivity index (χ2n) is 14.5. The van der Waals surface area contributed by atoms with Gasteiger partial charge in [0, 0.05) is 86.8 Å². The first kappa shape index (κ1) is 41.6. The van der Waals surface area contributed by atoms with Crippen molar-refractivity contribution in [1.82, 2.24) is 20.1 Å². The summed E-state index contributed by atoms with van der Waals surface area (Å²) in [4.78, 5) is 60.7. The summed E-state index contributed by atoms with van der Waals surface area (Å²) in [6.45, 7) is 9.35. The van der Waals surface area contributed by atoms with Gasteiger partial charge in [-0.3, -0.25) is 34.6 Å². The fourth-order valence-corrected chi connectivity index (χ4v) is 7.49. The Balaban J connectivity index is 0.000000173. The van der Waals surface area contributed by atoms with Crippen LogP contribution < -0.4 is 5.32 Å². The molecule has 1 aromatic heterocycles. The minimum atomic E-state index is -0.396. The number of non-ortho nitro benzene ring substituents is 2. The molecule has 0 saturated carbocycles. The Morgan fingerprint density at radius 1 is 0.778 bits per heavy atom. The zero-order valence-corrected chi connectivity index (χ0v) is 31.6. The molecule has 3 amide bonds. The second kappa shape index (κ2) is 20.4. The van der Waals surface area contributed by atoms with Crippen LogP contribution in [0.2, 0.25) is 0 Å². The number of aromatic amines is 1. The van der Waals surface area contributed by atoms with E-state index in [0.717, 1.165) is 85.8 Å².